The Kier molecular flexibility index (Phi) is 6.47. The number of nitrogens with one attached hydrogen (secondary N) is 1. The molecule has 0 saturated heterocycles. The Balaban J connectivity index is 2.45. The van der Waals surface area contributed by atoms with Crippen LogP contribution in [0.2, 0.25) is 0 Å². The third kappa shape index (κ3) is 5.44. The summed E-state index contributed by atoms with van der Waals surface area (Å²) in [6.45, 7) is 0. The van der Waals surface area contributed by atoms with E-state index in [1.165, 1.54) is 11.8 Å². The van der Waals surface area contributed by atoms with E-state index in [4.69, 9.17) is 11.0 Å². The number of nitriles is 1. The molecular formula is C13H15N3O2S. The summed E-state index contributed by atoms with van der Waals surface area (Å²) in [5.41, 5.74) is 5.94. The first-order valence-corrected chi connectivity index (χ1v) is 6.94. The first-order chi connectivity index (χ1) is 9.15. The maximum Gasteiger partial charge on any atom is 0.250 e. The van der Waals surface area contributed by atoms with Gasteiger partial charge in [0.1, 0.15) is 0 Å². The van der Waals surface area contributed by atoms with Crippen LogP contribution in [0.4, 0.5) is 5.69 Å². The number of amides is 2. The summed E-state index contributed by atoms with van der Waals surface area (Å²) in [5.74, 6) is 0.296. The molecule has 0 spiro atoms. The van der Waals surface area contributed by atoms with Gasteiger partial charge in [0.2, 0.25) is 5.91 Å². The van der Waals surface area contributed by atoms with Gasteiger partial charge in [-0.2, -0.15) is 17.0 Å². The highest BCUT2D eigenvalue weighted by Crippen LogP contribution is 2.15. The van der Waals surface area contributed by atoms with Crippen LogP contribution in [0.15, 0.2) is 24.3 Å². The van der Waals surface area contributed by atoms with Gasteiger partial charge in [-0.3, -0.25) is 9.59 Å². The minimum atomic E-state index is -0.572. The number of nitrogens with zero attached hydrogens (tertiary/aromatic N) is 1. The zero-order chi connectivity index (χ0) is 14.1. The van der Waals surface area contributed by atoms with E-state index >= 15 is 0 Å². The average molecular weight is 277 g/mol. The van der Waals surface area contributed by atoms with Crippen LogP contribution < -0.4 is 11.1 Å². The molecule has 1 rings (SSSR count). The van der Waals surface area contributed by atoms with Gasteiger partial charge in [-0.1, -0.05) is 12.1 Å². The number of hydrogen-bond donors (Lipinski definition) is 2. The highest BCUT2D eigenvalue weighted by atomic mass is 32.2. The van der Waals surface area contributed by atoms with Crippen molar-refractivity contribution in [3.63, 3.8) is 0 Å². The van der Waals surface area contributed by atoms with Gasteiger partial charge in [0.25, 0.3) is 5.91 Å². The zero-order valence-corrected chi connectivity index (χ0v) is 11.2. The predicted octanol–water partition coefficient (Wildman–Crippen LogP) is 1.76. The number of anilines is 1. The van der Waals surface area contributed by atoms with Crippen LogP contribution in [0.25, 0.3) is 0 Å². The van der Waals surface area contributed by atoms with Crippen molar-refractivity contribution in [1.29, 1.82) is 5.26 Å². The van der Waals surface area contributed by atoms with Gasteiger partial charge in [0, 0.05) is 6.42 Å². The van der Waals surface area contributed by atoms with E-state index in [2.05, 4.69) is 11.4 Å². The van der Waals surface area contributed by atoms with E-state index in [1.54, 1.807) is 24.3 Å². The number of rotatable bonds is 7. The van der Waals surface area contributed by atoms with Crippen molar-refractivity contribution in [1.82, 2.24) is 0 Å². The van der Waals surface area contributed by atoms with Gasteiger partial charge in [-0.25, -0.2) is 0 Å². The predicted molar refractivity (Wildman–Crippen MR) is 75.8 cm³/mol. The zero-order valence-electron chi connectivity index (χ0n) is 10.4. The molecule has 0 aliphatic rings. The molecule has 0 saturated carbocycles. The van der Waals surface area contributed by atoms with Crippen LogP contribution in [-0.2, 0) is 4.79 Å². The Labute approximate surface area is 116 Å². The molecule has 0 aliphatic carbocycles. The SMILES string of the molecule is N#CCCCSCC(=O)Nc1ccccc1C(N)=O. The fraction of sp³-hybridized carbons (Fsp3) is 0.308. The Hall–Kier alpha value is -2.00. The molecule has 100 valence electrons. The number of unbranched alkanes of at least 4 members (excludes halogenated alkanes) is 1. The molecule has 1 aromatic rings. The molecule has 5 nitrogen and oxygen atoms in total. The molecule has 0 aromatic heterocycles. The van der Waals surface area contributed by atoms with Gasteiger partial charge in [0.15, 0.2) is 0 Å². The summed E-state index contributed by atoms with van der Waals surface area (Å²) >= 11 is 1.46. The lowest BCUT2D eigenvalue weighted by Gasteiger charge is -2.08. The van der Waals surface area contributed by atoms with Crippen LogP contribution in [0.5, 0.6) is 0 Å². The fourth-order valence-electron chi connectivity index (χ4n) is 1.41. The van der Waals surface area contributed by atoms with E-state index in [9.17, 15) is 9.59 Å². The van der Waals surface area contributed by atoms with Crippen molar-refractivity contribution < 1.29 is 9.59 Å². The molecule has 0 heterocycles. The number of nitrogens with two attached hydrogens (primary N) is 1. The molecule has 0 atom stereocenters. The van der Waals surface area contributed by atoms with Gasteiger partial charge in [-0.15, -0.1) is 0 Å². The quantitative estimate of drug-likeness (QED) is 0.742. The first-order valence-electron chi connectivity index (χ1n) is 5.78. The van der Waals surface area contributed by atoms with E-state index < -0.39 is 5.91 Å². The smallest absolute Gasteiger partial charge is 0.250 e. The molecule has 19 heavy (non-hydrogen) atoms. The van der Waals surface area contributed by atoms with Crippen molar-refractivity contribution in [3.8, 4) is 6.07 Å². The molecule has 0 unspecified atom stereocenters. The summed E-state index contributed by atoms with van der Waals surface area (Å²) in [6, 6.07) is 8.67. The number of hydrogen-bond acceptors (Lipinski definition) is 4. The summed E-state index contributed by atoms with van der Waals surface area (Å²) < 4.78 is 0. The van der Waals surface area contributed by atoms with Crippen LogP contribution in [0, 0.1) is 11.3 Å². The summed E-state index contributed by atoms with van der Waals surface area (Å²) in [7, 11) is 0. The van der Waals surface area contributed by atoms with Gasteiger partial charge in [0.05, 0.1) is 23.1 Å². The van der Waals surface area contributed by atoms with E-state index in [0.717, 1.165) is 12.2 Å². The number of benzene rings is 1. The van der Waals surface area contributed by atoms with Crippen molar-refractivity contribution in [2.24, 2.45) is 5.73 Å². The maximum absolute atomic E-state index is 11.7. The highest BCUT2D eigenvalue weighted by Gasteiger charge is 2.09. The second-order valence-electron chi connectivity index (χ2n) is 3.77. The lowest BCUT2D eigenvalue weighted by molar-refractivity contribution is -0.113. The number of thioether (sulfide) groups is 1. The Bertz CT molecular complexity index is 497. The topological polar surface area (TPSA) is 96.0 Å². The lowest BCUT2D eigenvalue weighted by atomic mass is 10.1. The minimum Gasteiger partial charge on any atom is -0.366 e. The Morgan fingerprint density at radius 3 is 2.79 bits per heavy atom. The molecular weight excluding hydrogens is 262 g/mol. The van der Waals surface area contributed by atoms with E-state index in [0.29, 0.717) is 23.4 Å². The monoisotopic (exact) mass is 277 g/mol. The molecule has 0 radical (unpaired) electrons. The number of para-hydroxylation sites is 1. The van der Waals surface area contributed by atoms with Crippen LogP contribution in [0.1, 0.15) is 23.2 Å². The number of carbonyl (C=O) groups excluding carboxylic acids is 2. The molecule has 0 fully saturated rings. The van der Waals surface area contributed by atoms with Crippen molar-refractivity contribution in [2.45, 2.75) is 12.8 Å². The third-order valence-electron chi connectivity index (χ3n) is 2.28. The highest BCUT2D eigenvalue weighted by molar-refractivity contribution is 7.99. The maximum atomic E-state index is 11.7. The minimum absolute atomic E-state index is 0.185. The Morgan fingerprint density at radius 2 is 2.11 bits per heavy atom. The van der Waals surface area contributed by atoms with E-state index in [1.807, 2.05) is 0 Å². The third-order valence-corrected chi connectivity index (χ3v) is 3.32. The van der Waals surface area contributed by atoms with Crippen molar-refractivity contribution in [3.05, 3.63) is 29.8 Å². The molecule has 2 amide bonds. The first kappa shape index (κ1) is 15.1. The molecule has 1 aromatic carbocycles. The summed E-state index contributed by atoms with van der Waals surface area (Å²) in [5, 5.41) is 11.0. The van der Waals surface area contributed by atoms with Crippen LogP contribution in [-0.4, -0.2) is 23.3 Å². The fourth-order valence-corrected chi connectivity index (χ4v) is 2.16. The number of carbonyl (C=O) groups is 2. The molecule has 3 N–H and O–H groups in total. The molecule has 0 bridgehead atoms. The molecule has 0 aliphatic heterocycles. The second kappa shape index (κ2) is 8.16. The van der Waals surface area contributed by atoms with Crippen LogP contribution in [0.3, 0.4) is 0 Å². The normalized spacial score (nSPS) is 9.63. The summed E-state index contributed by atoms with van der Waals surface area (Å²) in [6.07, 6.45) is 1.27. The van der Waals surface area contributed by atoms with Gasteiger partial charge < -0.3 is 11.1 Å². The number of primary amides is 1. The van der Waals surface area contributed by atoms with Crippen molar-refractivity contribution in [2.75, 3.05) is 16.8 Å². The van der Waals surface area contributed by atoms with E-state index in [-0.39, 0.29) is 5.91 Å². The lowest BCUT2D eigenvalue weighted by Crippen LogP contribution is -2.19. The van der Waals surface area contributed by atoms with Gasteiger partial charge >= 0.3 is 0 Å². The summed E-state index contributed by atoms with van der Waals surface area (Å²) in [4.78, 5) is 22.8. The second-order valence-corrected chi connectivity index (χ2v) is 4.88. The van der Waals surface area contributed by atoms with Crippen molar-refractivity contribution >= 4 is 29.3 Å². The Morgan fingerprint density at radius 1 is 1.37 bits per heavy atom. The largest absolute Gasteiger partial charge is 0.366 e. The van der Waals surface area contributed by atoms with Crippen LogP contribution >= 0.6 is 11.8 Å². The average Bonchev–Trinajstić information content (AvgIpc) is 2.39. The van der Waals surface area contributed by atoms with Gasteiger partial charge in [-0.05, 0) is 24.3 Å². The molecule has 6 heteroatoms. The standard InChI is InChI=1S/C13H15N3O2S/c14-7-3-4-8-19-9-12(17)16-11-6-2-1-5-10(11)13(15)18/h1-2,5-6H,3-4,8-9H2,(H2,15,18)(H,16,17).